The third kappa shape index (κ3) is 3.56. The number of hydrogen-bond acceptors (Lipinski definition) is 3. The second-order valence-corrected chi connectivity index (χ2v) is 5.69. The van der Waals surface area contributed by atoms with Crippen LogP contribution in [0, 0.1) is 6.92 Å². The van der Waals surface area contributed by atoms with E-state index in [-0.39, 0.29) is 6.04 Å². The predicted octanol–water partition coefficient (Wildman–Crippen LogP) is 3.20. The normalized spacial score (nSPS) is 12.0. The van der Waals surface area contributed by atoms with Gasteiger partial charge in [-0.3, -0.25) is 0 Å². The zero-order valence-electron chi connectivity index (χ0n) is 13.4. The molecule has 2 rings (SSSR count). The van der Waals surface area contributed by atoms with E-state index in [0.29, 0.717) is 6.54 Å². The lowest BCUT2D eigenvalue weighted by molar-refractivity contribution is 0.680. The van der Waals surface area contributed by atoms with Gasteiger partial charge in [0, 0.05) is 39.1 Å². The molecule has 112 valence electrons. The van der Waals surface area contributed by atoms with Crippen LogP contribution in [0.3, 0.4) is 0 Å². The van der Waals surface area contributed by atoms with E-state index < -0.39 is 0 Å². The molecule has 1 atom stereocenters. The third-order valence-corrected chi connectivity index (χ3v) is 3.89. The monoisotopic (exact) mass is 283 g/mol. The molecule has 0 amide bonds. The highest BCUT2D eigenvalue weighted by molar-refractivity contribution is 5.52. The Morgan fingerprint density at radius 3 is 2.14 bits per heavy atom. The molecular weight excluding hydrogens is 258 g/mol. The van der Waals surface area contributed by atoms with E-state index in [4.69, 9.17) is 5.73 Å². The van der Waals surface area contributed by atoms with Crippen molar-refractivity contribution in [2.45, 2.75) is 13.0 Å². The highest BCUT2D eigenvalue weighted by Gasteiger charge is 2.16. The summed E-state index contributed by atoms with van der Waals surface area (Å²) in [5, 5.41) is 0. The quantitative estimate of drug-likeness (QED) is 0.914. The smallest absolute Gasteiger partial charge is 0.0661 e. The van der Waals surface area contributed by atoms with Gasteiger partial charge in [-0.15, -0.1) is 0 Å². The van der Waals surface area contributed by atoms with Crippen molar-refractivity contribution in [3.8, 4) is 0 Å². The molecule has 2 N–H and O–H groups in total. The van der Waals surface area contributed by atoms with Crippen molar-refractivity contribution in [2.75, 3.05) is 37.5 Å². The number of nitrogens with zero attached hydrogens (tertiary/aromatic N) is 2. The highest BCUT2D eigenvalue weighted by Crippen LogP contribution is 2.26. The van der Waals surface area contributed by atoms with Crippen LogP contribution in [0.5, 0.6) is 0 Å². The Balaban J connectivity index is 2.26. The molecule has 2 aromatic rings. The molecule has 3 heteroatoms. The molecule has 0 spiro atoms. The van der Waals surface area contributed by atoms with Crippen LogP contribution in [0.2, 0.25) is 0 Å². The first-order chi connectivity index (χ1) is 10.0. The van der Waals surface area contributed by atoms with E-state index in [1.807, 2.05) is 14.1 Å². The summed E-state index contributed by atoms with van der Waals surface area (Å²) in [5.74, 6) is 0. The zero-order valence-corrected chi connectivity index (χ0v) is 13.4. The fourth-order valence-corrected chi connectivity index (χ4v) is 2.54. The topological polar surface area (TPSA) is 32.5 Å². The van der Waals surface area contributed by atoms with E-state index in [9.17, 15) is 0 Å². The molecule has 2 aromatic carbocycles. The van der Waals surface area contributed by atoms with E-state index >= 15 is 0 Å². The Kier molecular flexibility index (Phi) is 4.86. The van der Waals surface area contributed by atoms with Gasteiger partial charge in [-0.25, -0.2) is 0 Å². The van der Waals surface area contributed by atoms with Gasteiger partial charge in [0.1, 0.15) is 0 Å². The molecule has 0 fully saturated rings. The number of rotatable bonds is 5. The van der Waals surface area contributed by atoms with Crippen LogP contribution in [0.15, 0.2) is 48.5 Å². The molecule has 0 bridgehead atoms. The summed E-state index contributed by atoms with van der Waals surface area (Å²) in [6, 6.07) is 17.3. The third-order valence-electron chi connectivity index (χ3n) is 3.89. The number of hydrogen-bond donors (Lipinski definition) is 1. The number of benzene rings is 2. The van der Waals surface area contributed by atoms with Gasteiger partial charge in [-0.05, 0) is 42.3 Å². The molecule has 0 heterocycles. The second kappa shape index (κ2) is 6.64. The Labute approximate surface area is 128 Å². The molecule has 0 aliphatic heterocycles. The maximum absolute atomic E-state index is 6.03. The van der Waals surface area contributed by atoms with Crippen molar-refractivity contribution >= 4 is 11.4 Å². The van der Waals surface area contributed by atoms with E-state index in [0.717, 1.165) is 0 Å². The van der Waals surface area contributed by atoms with Crippen LogP contribution in [0.1, 0.15) is 17.2 Å². The summed E-state index contributed by atoms with van der Waals surface area (Å²) in [7, 11) is 6.20. The zero-order chi connectivity index (χ0) is 15.4. The highest BCUT2D eigenvalue weighted by atomic mass is 15.1. The van der Waals surface area contributed by atoms with Crippen LogP contribution in [0.25, 0.3) is 0 Å². The van der Waals surface area contributed by atoms with Gasteiger partial charge in [0.05, 0.1) is 6.04 Å². The van der Waals surface area contributed by atoms with Crippen molar-refractivity contribution < 1.29 is 0 Å². The Bertz CT molecular complexity index is 575. The standard InChI is InChI=1S/C18H25N3/c1-14-6-5-7-17(12-14)21(4)18(13-19)15-8-10-16(11-9-15)20(2)3/h5-12,18H,13,19H2,1-4H3. The maximum atomic E-state index is 6.03. The van der Waals surface area contributed by atoms with Gasteiger partial charge in [-0.2, -0.15) is 0 Å². The lowest BCUT2D eigenvalue weighted by Crippen LogP contribution is -2.30. The first-order valence-corrected chi connectivity index (χ1v) is 7.29. The molecule has 0 saturated carbocycles. The summed E-state index contributed by atoms with van der Waals surface area (Å²) < 4.78 is 0. The number of anilines is 2. The van der Waals surface area contributed by atoms with E-state index in [1.54, 1.807) is 0 Å². The van der Waals surface area contributed by atoms with Crippen LogP contribution < -0.4 is 15.5 Å². The van der Waals surface area contributed by atoms with Crippen molar-refractivity contribution in [1.82, 2.24) is 0 Å². The summed E-state index contributed by atoms with van der Waals surface area (Å²) >= 11 is 0. The fourth-order valence-electron chi connectivity index (χ4n) is 2.54. The Hall–Kier alpha value is -2.00. The minimum Gasteiger partial charge on any atom is -0.378 e. The van der Waals surface area contributed by atoms with Crippen LogP contribution >= 0.6 is 0 Å². The van der Waals surface area contributed by atoms with Crippen molar-refractivity contribution in [3.63, 3.8) is 0 Å². The Morgan fingerprint density at radius 1 is 0.952 bits per heavy atom. The van der Waals surface area contributed by atoms with Crippen LogP contribution in [-0.4, -0.2) is 27.7 Å². The molecule has 0 aliphatic carbocycles. The number of aryl methyl sites for hydroxylation is 1. The SMILES string of the molecule is Cc1cccc(N(C)C(CN)c2ccc(N(C)C)cc2)c1. The molecule has 21 heavy (non-hydrogen) atoms. The van der Waals surface area contributed by atoms with Crippen molar-refractivity contribution in [3.05, 3.63) is 59.7 Å². The van der Waals surface area contributed by atoms with Gasteiger partial charge in [0.25, 0.3) is 0 Å². The van der Waals surface area contributed by atoms with E-state index in [1.165, 1.54) is 22.5 Å². The molecule has 3 nitrogen and oxygen atoms in total. The minimum absolute atomic E-state index is 0.183. The average molecular weight is 283 g/mol. The van der Waals surface area contributed by atoms with Gasteiger partial charge >= 0.3 is 0 Å². The molecular formula is C18H25N3. The summed E-state index contributed by atoms with van der Waals surface area (Å²) in [6.45, 7) is 2.70. The molecule has 1 unspecified atom stereocenters. The van der Waals surface area contributed by atoms with Crippen LogP contribution in [0.4, 0.5) is 11.4 Å². The first-order valence-electron chi connectivity index (χ1n) is 7.29. The Morgan fingerprint density at radius 2 is 1.62 bits per heavy atom. The van der Waals surface area contributed by atoms with Crippen molar-refractivity contribution in [2.24, 2.45) is 5.73 Å². The predicted molar refractivity (Wildman–Crippen MR) is 92.1 cm³/mol. The lowest BCUT2D eigenvalue weighted by Gasteiger charge is -2.30. The minimum atomic E-state index is 0.183. The molecule has 0 saturated heterocycles. The molecule has 0 aromatic heterocycles. The molecule has 0 radical (unpaired) electrons. The molecule has 0 aliphatic rings. The fraction of sp³-hybridized carbons (Fsp3) is 0.333. The van der Waals surface area contributed by atoms with Gasteiger partial charge in [0.2, 0.25) is 0 Å². The first kappa shape index (κ1) is 15.4. The summed E-state index contributed by atoms with van der Waals surface area (Å²) in [6.07, 6.45) is 0. The summed E-state index contributed by atoms with van der Waals surface area (Å²) in [5.41, 5.74) is 10.9. The van der Waals surface area contributed by atoms with Gasteiger partial charge in [0.15, 0.2) is 0 Å². The maximum Gasteiger partial charge on any atom is 0.0661 e. The second-order valence-electron chi connectivity index (χ2n) is 5.69. The largest absolute Gasteiger partial charge is 0.378 e. The number of likely N-dealkylation sites (N-methyl/N-ethyl adjacent to an activating group) is 1. The number of nitrogens with two attached hydrogens (primary N) is 1. The van der Waals surface area contributed by atoms with E-state index in [2.05, 4.69) is 72.3 Å². The summed E-state index contributed by atoms with van der Waals surface area (Å²) in [4.78, 5) is 4.35. The lowest BCUT2D eigenvalue weighted by atomic mass is 10.0. The van der Waals surface area contributed by atoms with Gasteiger partial charge < -0.3 is 15.5 Å². The van der Waals surface area contributed by atoms with Gasteiger partial charge in [-0.1, -0.05) is 24.3 Å². The van der Waals surface area contributed by atoms with Crippen molar-refractivity contribution in [1.29, 1.82) is 0 Å². The van der Waals surface area contributed by atoms with Crippen LogP contribution in [-0.2, 0) is 0 Å². The average Bonchev–Trinajstić information content (AvgIpc) is 2.48.